The van der Waals surface area contributed by atoms with E-state index < -0.39 is 0 Å². The fourth-order valence-corrected chi connectivity index (χ4v) is 2.65. The van der Waals surface area contributed by atoms with Gasteiger partial charge in [0, 0.05) is 15.6 Å². The van der Waals surface area contributed by atoms with E-state index in [-0.39, 0.29) is 5.78 Å². The van der Waals surface area contributed by atoms with Gasteiger partial charge in [-0.15, -0.1) is 0 Å². The minimum Gasteiger partial charge on any atom is -0.493 e. The quantitative estimate of drug-likeness (QED) is 0.584. The van der Waals surface area contributed by atoms with Crippen molar-refractivity contribution in [2.45, 2.75) is 6.42 Å². The Bertz CT molecular complexity index is 623. The summed E-state index contributed by atoms with van der Waals surface area (Å²) in [5.74, 6) is 1.40. The molecule has 0 fully saturated rings. The molecular weight excluding hydrogens is 367 g/mol. The first-order chi connectivity index (χ1) is 9.65. The highest BCUT2D eigenvalue weighted by Gasteiger charge is 2.12. The van der Waals surface area contributed by atoms with Gasteiger partial charge in [0.25, 0.3) is 0 Å². The van der Waals surface area contributed by atoms with E-state index in [1.807, 2.05) is 42.5 Å². The highest BCUT2D eigenvalue weighted by molar-refractivity contribution is 14.1. The molecule has 0 unspecified atom stereocenters. The van der Waals surface area contributed by atoms with Crippen molar-refractivity contribution in [2.75, 3.05) is 14.2 Å². The number of ether oxygens (including phenoxy) is 2. The van der Waals surface area contributed by atoms with Crippen LogP contribution in [0.1, 0.15) is 15.9 Å². The van der Waals surface area contributed by atoms with Gasteiger partial charge in [0.2, 0.25) is 0 Å². The minimum absolute atomic E-state index is 0.0993. The molecule has 0 radical (unpaired) electrons. The molecule has 0 bridgehead atoms. The summed E-state index contributed by atoms with van der Waals surface area (Å²) in [7, 11) is 3.18. The Morgan fingerprint density at radius 1 is 1.05 bits per heavy atom. The Morgan fingerprint density at radius 2 is 1.75 bits per heavy atom. The molecule has 0 spiro atoms. The number of carbonyl (C=O) groups is 1. The standard InChI is InChI=1S/C16H15IO3/c1-19-15-8-7-11(10-16(15)20-2)9-14(18)12-5-3-4-6-13(12)17/h3-8,10H,9H2,1-2H3. The lowest BCUT2D eigenvalue weighted by Gasteiger charge is -2.09. The molecular formula is C16H15IO3. The highest BCUT2D eigenvalue weighted by atomic mass is 127. The first kappa shape index (κ1) is 14.8. The Kier molecular flexibility index (Phi) is 5.00. The molecule has 0 aliphatic heterocycles. The Labute approximate surface area is 132 Å². The number of rotatable bonds is 5. The molecule has 104 valence electrons. The van der Waals surface area contributed by atoms with E-state index in [0.717, 1.165) is 14.7 Å². The Morgan fingerprint density at radius 3 is 2.40 bits per heavy atom. The molecule has 0 atom stereocenters. The summed E-state index contributed by atoms with van der Waals surface area (Å²) in [6, 6.07) is 13.1. The van der Waals surface area contributed by atoms with Crippen molar-refractivity contribution >= 4 is 28.4 Å². The molecule has 4 heteroatoms. The number of hydrogen-bond donors (Lipinski definition) is 0. The van der Waals surface area contributed by atoms with Gasteiger partial charge in [-0.1, -0.05) is 24.3 Å². The predicted octanol–water partition coefficient (Wildman–Crippen LogP) is 3.73. The molecule has 3 nitrogen and oxygen atoms in total. The number of methoxy groups -OCH3 is 2. The first-order valence-electron chi connectivity index (χ1n) is 6.14. The maximum Gasteiger partial charge on any atom is 0.168 e. The average molecular weight is 382 g/mol. The zero-order valence-corrected chi connectivity index (χ0v) is 13.5. The van der Waals surface area contributed by atoms with E-state index in [9.17, 15) is 4.79 Å². The van der Waals surface area contributed by atoms with E-state index in [1.54, 1.807) is 14.2 Å². The predicted molar refractivity (Wildman–Crippen MR) is 86.7 cm³/mol. The van der Waals surface area contributed by atoms with Crippen LogP contribution in [-0.2, 0) is 6.42 Å². The lowest BCUT2D eigenvalue weighted by Crippen LogP contribution is -2.05. The monoisotopic (exact) mass is 382 g/mol. The molecule has 0 aliphatic carbocycles. The summed E-state index contributed by atoms with van der Waals surface area (Å²) in [5, 5.41) is 0. The molecule has 20 heavy (non-hydrogen) atoms. The van der Waals surface area contributed by atoms with Gasteiger partial charge in [-0.25, -0.2) is 0 Å². The second-order valence-corrected chi connectivity index (χ2v) is 5.43. The molecule has 0 aromatic heterocycles. The fraction of sp³-hybridized carbons (Fsp3) is 0.188. The smallest absolute Gasteiger partial charge is 0.168 e. The Hall–Kier alpha value is -1.56. The van der Waals surface area contributed by atoms with E-state index in [0.29, 0.717) is 17.9 Å². The summed E-state index contributed by atoms with van der Waals surface area (Å²) in [6.07, 6.45) is 0.348. The maximum absolute atomic E-state index is 12.3. The molecule has 0 heterocycles. The SMILES string of the molecule is COc1ccc(CC(=O)c2ccccc2I)cc1OC. The second-order valence-electron chi connectivity index (χ2n) is 4.27. The lowest BCUT2D eigenvalue weighted by molar-refractivity contribution is 0.0992. The summed E-state index contributed by atoms with van der Waals surface area (Å²) in [4.78, 5) is 12.3. The topological polar surface area (TPSA) is 35.5 Å². The summed E-state index contributed by atoms with van der Waals surface area (Å²) in [5.41, 5.74) is 1.66. The van der Waals surface area contributed by atoms with Crippen LogP contribution in [0.4, 0.5) is 0 Å². The van der Waals surface area contributed by atoms with Gasteiger partial charge in [-0.2, -0.15) is 0 Å². The third-order valence-electron chi connectivity index (χ3n) is 2.99. The van der Waals surface area contributed by atoms with Crippen LogP contribution in [0, 0.1) is 3.57 Å². The van der Waals surface area contributed by atoms with Crippen molar-refractivity contribution < 1.29 is 14.3 Å². The molecule has 0 amide bonds. The highest BCUT2D eigenvalue weighted by Crippen LogP contribution is 2.28. The van der Waals surface area contributed by atoms with Crippen LogP contribution in [0.3, 0.4) is 0 Å². The third kappa shape index (κ3) is 3.30. The molecule has 0 aliphatic rings. The number of ketones is 1. The molecule has 0 N–H and O–H groups in total. The van der Waals surface area contributed by atoms with E-state index in [2.05, 4.69) is 22.6 Å². The zero-order chi connectivity index (χ0) is 14.5. The van der Waals surface area contributed by atoms with E-state index in [1.165, 1.54) is 0 Å². The van der Waals surface area contributed by atoms with Gasteiger partial charge < -0.3 is 9.47 Å². The van der Waals surface area contributed by atoms with Crippen molar-refractivity contribution in [3.63, 3.8) is 0 Å². The third-order valence-corrected chi connectivity index (χ3v) is 3.93. The lowest BCUT2D eigenvalue weighted by atomic mass is 10.0. The van der Waals surface area contributed by atoms with Crippen LogP contribution in [0.2, 0.25) is 0 Å². The van der Waals surface area contributed by atoms with Crippen molar-refractivity contribution in [1.82, 2.24) is 0 Å². The van der Waals surface area contributed by atoms with Gasteiger partial charge in [-0.3, -0.25) is 4.79 Å². The van der Waals surface area contributed by atoms with Gasteiger partial charge in [-0.05, 0) is 46.4 Å². The number of halogens is 1. The van der Waals surface area contributed by atoms with Crippen LogP contribution in [0.5, 0.6) is 11.5 Å². The zero-order valence-electron chi connectivity index (χ0n) is 11.4. The van der Waals surface area contributed by atoms with E-state index >= 15 is 0 Å². The van der Waals surface area contributed by atoms with Gasteiger partial charge in [0.1, 0.15) is 0 Å². The van der Waals surface area contributed by atoms with Crippen molar-refractivity contribution in [2.24, 2.45) is 0 Å². The fourth-order valence-electron chi connectivity index (χ4n) is 1.96. The number of carbonyl (C=O) groups excluding carboxylic acids is 1. The van der Waals surface area contributed by atoms with Gasteiger partial charge >= 0.3 is 0 Å². The van der Waals surface area contributed by atoms with Crippen molar-refractivity contribution in [3.05, 3.63) is 57.2 Å². The molecule has 2 aromatic carbocycles. The molecule has 2 aromatic rings. The maximum atomic E-state index is 12.3. The first-order valence-corrected chi connectivity index (χ1v) is 7.22. The molecule has 0 saturated carbocycles. The number of hydrogen-bond acceptors (Lipinski definition) is 3. The molecule has 2 rings (SSSR count). The van der Waals surface area contributed by atoms with Gasteiger partial charge in [0.05, 0.1) is 14.2 Å². The van der Waals surface area contributed by atoms with E-state index in [4.69, 9.17) is 9.47 Å². The normalized spacial score (nSPS) is 10.2. The van der Waals surface area contributed by atoms with Crippen LogP contribution in [0.15, 0.2) is 42.5 Å². The van der Waals surface area contributed by atoms with Crippen LogP contribution in [0.25, 0.3) is 0 Å². The number of benzene rings is 2. The summed E-state index contributed by atoms with van der Waals surface area (Å²) < 4.78 is 11.4. The Balaban J connectivity index is 2.22. The van der Waals surface area contributed by atoms with Crippen LogP contribution >= 0.6 is 22.6 Å². The largest absolute Gasteiger partial charge is 0.493 e. The van der Waals surface area contributed by atoms with Gasteiger partial charge in [0.15, 0.2) is 17.3 Å². The summed E-state index contributed by atoms with van der Waals surface area (Å²) in [6.45, 7) is 0. The average Bonchev–Trinajstić information content (AvgIpc) is 2.47. The molecule has 0 saturated heterocycles. The van der Waals surface area contributed by atoms with Crippen molar-refractivity contribution in [3.8, 4) is 11.5 Å². The van der Waals surface area contributed by atoms with Crippen LogP contribution < -0.4 is 9.47 Å². The number of Topliss-reactive ketones (excluding diaryl/α,β-unsaturated/α-hetero) is 1. The summed E-state index contributed by atoms with van der Waals surface area (Å²) >= 11 is 2.18. The minimum atomic E-state index is 0.0993. The van der Waals surface area contributed by atoms with Crippen molar-refractivity contribution in [1.29, 1.82) is 0 Å². The van der Waals surface area contributed by atoms with Crippen LogP contribution in [-0.4, -0.2) is 20.0 Å². The second kappa shape index (κ2) is 6.74.